The number of nitrogens with zero attached hydrogens (tertiary/aromatic N) is 2. The predicted molar refractivity (Wildman–Crippen MR) is 79.4 cm³/mol. The fourth-order valence-electron chi connectivity index (χ4n) is 2.53. The number of aromatic nitrogens is 1. The minimum absolute atomic E-state index is 0.703. The van der Waals surface area contributed by atoms with Crippen LogP contribution >= 0.6 is 11.3 Å². The lowest BCUT2D eigenvalue weighted by molar-refractivity contribution is 0.152. The Morgan fingerprint density at radius 3 is 3.26 bits per heavy atom. The van der Waals surface area contributed by atoms with E-state index in [2.05, 4.69) is 22.5 Å². The van der Waals surface area contributed by atoms with Crippen molar-refractivity contribution in [2.75, 3.05) is 33.4 Å². The van der Waals surface area contributed by atoms with E-state index in [4.69, 9.17) is 9.72 Å². The van der Waals surface area contributed by atoms with Crippen LogP contribution in [0.15, 0.2) is 5.38 Å². The summed E-state index contributed by atoms with van der Waals surface area (Å²) in [6.07, 6.45) is 2.43. The van der Waals surface area contributed by atoms with Crippen LogP contribution in [0.3, 0.4) is 0 Å². The molecule has 1 aliphatic heterocycles. The molecule has 1 atom stereocenters. The normalized spacial score (nSPS) is 20.2. The molecule has 1 fully saturated rings. The number of hydrogen-bond acceptors (Lipinski definition) is 5. The van der Waals surface area contributed by atoms with Crippen LogP contribution in [0.1, 0.15) is 30.5 Å². The van der Waals surface area contributed by atoms with E-state index in [1.54, 1.807) is 18.4 Å². The molecule has 0 aliphatic carbocycles. The van der Waals surface area contributed by atoms with Gasteiger partial charge in [-0.05, 0) is 31.8 Å². The topological polar surface area (TPSA) is 37.4 Å². The second-order valence-electron chi connectivity index (χ2n) is 5.25. The van der Waals surface area contributed by atoms with Crippen LogP contribution in [0.5, 0.6) is 0 Å². The van der Waals surface area contributed by atoms with Gasteiger partial charge in [0.05, 0.1) is 12.3 Å². The van der Waals surface area contributed by atoms with Crippen LogP contribution in [0, 0.1) is 5.92 Å². The highest BCUT2D eigenvalue weighted by Crippen LogP contribution is 2.19. The monoisotopic (exact) mass is 283 g/mol. The number of hydrogen-bond donors (Lipinski definition) is 1. The number of nitrogens with one attached hydrogen (secondary N) is 1. The highest BCUT2D eigenvalue weighted by atomic mass is 32.1. The third-order valence-corrected chi connectivity index (χ3v) is 4.36. The first kappa shape index (κ1) is 14.9. The van der Waals surface area contributed by atoms with Gasteiger partial charge in [-0.3, -0.25) is 4.90 Å². The molecule has 1 aromatic rings. The standard InChI is InChI=1S/C14H25N3OS/c1-3-5-15-7-14-16-13(11-19-14)9-17-6-4-12(8-17)10-18-2/h11-12,15H,3-10H2,1-2H3. The number of thiazole rings is 1. The summed E-state index contributed by atoms with van der Waals surface area (Å²) in [4.78, 5) is 7.19. The summed E-state index contributed by atoms with van der Waals surface area (Å²) in [5.74, 6) is 0.703. The maximum Gasteiger partial charge on any atom is 0.107 e. The molecule has 0 amide bonds. The van der Waals surface area contributed by atoms with Crippen LogP contribution in [0.25, 0.3) is 0 Å². The Balaban J connectivity index is 1.74. The van der Waals surface area contributed by atoms with Gasteiger partial charge in [0.25, 0.3) is 0 Å². The van der Waals surface area contributed by atoms with E-state index in [-0.39, 0.29) is 0 Å². The summed E-state index contributed by atoms with van der Waals surface area (Å²) in [6.45, 7) is 8.36. The number of likely N-dealkylation sites (tertiary alicyclic amines) is 1. The van der Waals surface area contributed by atoms with Gasteiger partial charge in [0, 0.05) is 32.1 Å². The average Bonchev–Trinajstić information content (AvgIpc) is 3.01. The molecule has 1 unspecified atom stereocenters. The number of methoxy groups -OCH3 is 1. The van der Waals surface area contributed by atoms with Crippen LogP contribution in [-0.4, -0.2) is 43.2 Å². The summed E-state index contributed by atoms with van der Waals surface area (Å²) in [6, 6.07) is 0. The Morgan fingerprint density at radius 2 is 2.47 bits per heavy atom. The molecule has 1 aliphatic rings. The van der Waals surface area contributed by atoms with Gasteiger partial charge in [0.1, 0.15) is 5.01 Å². The number of ether oxygens (including phenoxy) is 1. The first-order valence-corrected chi connectivity index (χ1v) is 8.05. The molecule has 0 radical (unpaired) electrons. The molecule has 1 N–H and O–H groups in total. The third kappa shape index (κ3) is 4.84. The highest BCUT2D eigenvalue weighted by molar-refractivity contribution is 7.09. The van der Waals surface area contributed by atoms with E-state index in [1.807, 2.05) is 0 Å². The van der Waals surface area contributed by atoms with Gasteiger partial charge in [-0.2, -0.15) is 0 Å². The van der Waals surface area contributed by atoms with Crippen molar-refractivity contribution in [2.45, 2.75) is 32.9 Å². The van der Waals surface area contributed by atoms with Gasteiger partial charge < -0.3 is 10.1 Å². The van der Waals surface area contributed by atoms with E-state index >= 15 is 0 Å². The van der Waals surface area contributed by atoms with E-state index in [9.17, 15) is 0 Å². The van der Waals surface area contributed by atoms with Crippen molar-refractivity contribution < 1.29 is 4.74 Å². The zero-order valence-electron chi connectivity index (χ0n) is 12.0. The Bertz CT molecular complexity index is 369. The lowest BCUT2D eigenvalue weighted by atomic mass is 10.1. The summed E-state index contributed by atoms with van der Waals surface area (Å²) >= 11 is 1.77. The largest absolute Gasteiger partial charge is 0.384 e. The Morgan fingerprint density at radius 1 is 1.58 bits per heavy atom. The van der Waals surface area contributed by atoms with Gasteiger partial charge in [-0.15, -0.1) is 11.3 Å². The fraction of sp³-hybridized carbons (Fsp3) is 0.786. The molecule has 5 heteroatoms. The SMILES string of the molecule is CCCNCc1nc(CN2CCC(COC)C2)cs1. The van der Waals surface area contributed by atoms with E-state index in [0.717, 1.165) is 32.8 Å². The second-order valence-corrected chi connectivity index (χ2v) is 6.20. The molecular weight excluding hydrogens is 258 g/mol. The Labute approximate surface area is 120 Å². The Hall–Kier alpha value is -0.490. The van der Waals surface area contributed by atoms with Crippen molar-refractivity contribution in [1.29, 1.82) is 0 Å². The van der Waals surface area contributed by atoms with Gasteiger partial charge in [-0.25, -0.2) is 4.98 Å². The van der Waals surface area contributed by atoms with Crippen molar-refractivity contribution in [1.82, 2.24) is 15.2 Å². The van der Waals surface area contributed by atoms with Gasteiger partial charge in [0.15, 0.2) is 0 Å². The minimum atomic E-state index is 0.703. The number of rotatable bonds is 8. The third-order valence-electron chi connectivity index (χ3n) is 3.46. The van der Waals surface area contributed by atoms with Crippen molar-refractivity contribution in [3.05, 3.63) is 16.1 Å². The maximum atomic E-state index is 5.23. The Kier molecular flexibility index (Phi) is 6.23. The van der Waals surface area contributed by atoms with E-state index in [1.165, 1.54) is 30.1 Å². The molecule has 0 spiro atoms. The first-order valence-electron chi connectivity index (χ1n) is 7.17. The van der Waals surface area contributed by atoms with Crippen LogP contribution in [-0.2, 0) is 17.8 Å². The molecule has 2 heterocycles. The van der Waals surface area contributed by atoms with Crippen LogP contribution in [0.4, 0.5) is 0 Å². The molecule has 0 saturated carbocycles. The lowest BCUT2D eigenvalue weighted by Gasteiger charge is -2.14. The van der Waals surface area contributed by atoms with Crippen molar-refractivity contribution in [2.24, 2.45) is 5.92 Å². The molecule has 2 rings (SSSR count). The summed E-state index contributed by atoms with van der Waals surface area (Å²) in [7, 11) is 1.79. The lowest BCUT2D eigenvalue weighted by Crippen LogP contribution is -2.21. The first-order chi connectivity index (χ1) is 9.31. The van der Waals surface area contributed by atoms with Crippen molar-refractivity contribution >= 4 is 11.3 Å². The summed E-state index contributed by atoms with van der Waals surface area (Å²) in [5, 5.41) is 6.81. The smallest absolute Gasteiger partial charge is 0.107 e. The average molecular weight is 283 g/mol. The summed E-state index contributed by atoms with van der Waals surface area (Å²) < 4.78 is 5.23. The van der Waals surface area contributed by atoms with Crippen molar-refractivity contribution in [3.8, 4) is 0 Å². The molecule has 0 aromatic carbocycles. The van der Waals surface area contributed by atoms with E-state index < -0.39 is 0 Å². The molecule has 1 aromatic heterocycles. The van der Waals surface area contributed by atoms with Gasteiger partial charge in [-0.1, -0.05) is 6.92 Å². The van der Waals surface area contributed by atoms with Crippen molar-refractivity contribution in [3.63, 3.8) is 0 Å². The molecular formula is C14H25N3OS. The predicted octanol–water partition coefficient (Wildman–Crippen LogP) is 2.11. The summed E-state index contributed by atoms with van der Waals surface area (Å²) in [5.41, 5.74) is 1.22. The van der Waals surface area contributed by atoms with Gasteiger partial charge >= 0.3 is 0 Å². The van der Waals surface area contributed by atoms with Crippen LogP contribution in [0.2, 0.25) is 0 Å². The molecule has 19 heavy (non-hydrogen) atoms. The van der Waals surface area contributed by atoms with Gasteiger partial charge in [0.2, 0.25) is 0 Å². The molecule has 108 valence electrons. The molecule has 0 bridgehead atoms. The van der Waals surface area contributed by atoms with Crippen LogP contribution < -0.4 is 5.32 Å². The molecule has 4 nitrogen and oxygen atoms in total. The van der Waals surface area contributed by atoms with E-state index in [0.29, 0.717) is 5.92 Å². The second kappa shape index (κ2) is 7.94. The quantitative estimate of drug-likeness (QED) is 0.742. The maximum absolute atomic E-state index is 5.23. The molecule has 1 saturated heterocycles. The highest BCUT2D eigenvalue weighted by Gasteiger charge is 2.22. The fourth-order valence-corrected chi connectivity index (χ4v) is 3.29. The zero-order valence-corrected chi connectivity index (χ0v) is 12.8. The minimum Gasteiger partial charge on any atom is -0.384 e. The zero-order chi connectivity index (χ0) is 13.5.